The smallest absolute Gasteiger partial charge is 0.266 e. The van der Waals surface area contributed by atoms with Gasteiger partial charge in [0.25, 0.3) is 5.91 Å². The van der Waals surface area contributed by atoms with Crippen LogP contribution in [0.1, 0.15) is 12.5 Å². The zero-order chi connectivity index (χ0) is 11.8. The van der Waals surface area contributed by atoms with Crippen molar-refractivity contribution in [2.45, 2.75) is 6.92 Å². The number of nitrogens with one attached hydrogen (secondary N) is 1. The van der Waals surface area contributed by atoms with Gasteiger partial charge in [0.15, 0.2) is 0 Å². The lowest BCUT2D eigenvalue weighted by Gasteiger charge is -1.99. The lowest BCUT2D eigenvalue weighted by Crippen LogP contribution is -2.22. The van der Waals surface area contributed by atoms with E-state index in [-0.39, 0.29) is 12.5 Å². The molecule has 86 valence electrons. The average molecular weight is 241 g/mol. The third kappa shape index (κ3) is 4.91. The van der Waals surface area contributed by atoms with E-state index in [1.54, 1.807) is 30.5 Å². The summed E-state index contributed by atoms with van der Waals surface area (Å²) in [5, 5.41) is 4.44. The second-order valence-electron chi connectivity index (χ2n) is 2.98. The van der Waals surface area contributed by atoms with E-state index in [0.717, 1.165) is 5.56 Å². The highest BCUT2D eigenvalue weighted by Gasteiger charge is 1.96. The van der Waals surface area contributed by atoms with Gasteiger partial charge in [-0.1, -0.05) is 23.7 Å². The van der Waals surface area contributed by atoms with Crippen molar-refractivity contribution in [3.05, 3.63) is 34.9 Å². The molecule has 1 aromatic rings. The van der Waals surface area contributed by atoms with E-state index in [4.69, 9.17) is 16.3 Å². The normalized spacial score (nSPS) is 10.6. The summed E-state index contributed by atoms with van der Waals surface area (Å²) in [6.45, 7) is 2.35. The molecule has 16 heavy (non-hydrogen) atoms. The van der Waals surface area contributed by atoms with Crippen LogP contribution in [0.4, 0.5) is 0 Å². The summed E-state index contributed by atoms with van der Waals surface area (Å²) in [5.41, 5.74) is 3.22. The van der Waals surface area contributed by atoms with Crippen molar-refractivity contribution in [1.82, 2.24) is 5.43 Å². The molecule has 1 rings (SSSR count). The zero-order valence-corrected chi connectivity index (χ0v) is 9.70. The molecule has 4 nitrogen and oxygen atoms in total. The Balaban J connectivity index is 2.37. The van der Waals surface area contributed by atoms with Crippen molar-refractivity contribution in [3.63, 3.8) is 0 Å². The summed E-state index contributed by atoms with van der Waals surface area (Å²) in [7, 11) is 0. The van der Waals surface area contributed by atoms with Crippen LogP contribution in [0, 0.1) is 0 Å². The molecule has 0 bridgehead atoms. The van der Waals surface area contributed by atoms with E-state index in [1.807, 2.05) is 6.92 Å². The Kier molecular flexibility index (Phi) is 5.53. The lowest BCUT2D eigenvalue weighted by molar-refractivity contribution is -0.125. The van der Waals surface area contributed by atoms with Gasteiger partial charge < -0.3 is 4.74 Å². The number of carbonyl (C=O) groups excluding carboxylic acids is 1. The molecule has 0 fully saturated rings. The van der Waals surface area contributed by atoms with Crippen LogP contribution in [0.2, 0.25) is 5.02 Å². The molecular weight excluding hydrogens is 228 g/mol. The van der Waals surface area contributed by atoms with Crippen LogP contribution in [0.5, 0.6) is 0 Å². The number of nitrogens with zero attached hydrogens (tertiary/aromatic N) is 1. The number of carbonyl (C=O) groups is 1. The summed E-state index contributed by atoms with van der Waals surface area (Å²) < 4.78 is 4.91. The highest BCUT2D eigenvalue weighted by atomic mass is 35.5. The summed E-state index contributed by atoms with van der Waals surface area (Å²) >= 11 is 5.72. The maximum atomic E-state index is 11.1. The minimum Gasteiger partial charge on any atom is -0.372 e. The van der Waals surface area contributed by atoms with Crippen molar-refractivity contribution >= 4 is 23.7 Å². The fourth-order valence-corrected chi connectivity index (χ4v) is 1.08. The average Bonchev–Trinajstić information content (AvgIpc) is 2.29. The first kappa shape index (κ1) is 12.7. The molecule has 0 saturated heterocycles. The van der Waals surface area contributed by atoms with Crippen molar-refractivity contribution in [1.29, 1.82) is 0 Å². The van der Waals surface area contributed by atoms with Crippen LogP contribution in [0.25, 0.3) is 0 Å². The van der Waals surface area contributed by atoms with E-state index in [1.165, 1.54) is 0 Å². The van der Waals surface area contributed by atoms with Crippen LogP contribution in [-0.2, 0) is 9.53 Å². The predicted octanol–water partition coefficient (Wildman–Crippen LogP) is 1.83. The van der Waals surface area contributed by atoms with Crippen LogP contribution < -0.4 is 5.43 Å². The number of ether oxygens (including phenoxy) is 1. The topological polar surface area (TPSA) is 50.7 Å². The van der Waals surface area contributed by atoms with Gasteiger partial charge in [0.05, 0.1) is 6.21 Å². The molecule has 0 aliphatic rings. The summed E-state index contributed by atoms with van der Waals surface area (Å²) in [4.78, 5) is 11.1. The molecule has 1 N–H and O–H groups in total. The number of hydrogen-bond donors (Lipinski definition) is 1. The molecule has 5 heteroatoms. The lowest BCUT2D eigenvalue weighted by atomic mass is 10.2. The molecule has 0 saturated carbocycles. The number of amides is 1. The Morgan fingerprint density at radius 3 is 2.81 bits per heavy atom. The van der Waals surface area contributed by atoms with Crippen molar-refractivity contribution < 1.29 is 9.53 Å². The molecule has 0 aliphatic heterocycles. The number of hydrazone groups is 1. The molecule has 0 aliphatic carbocycles. The Bertz CT molecular complexity index is 363. The number of hydrogen-bond acceptors (Lipinski definition) is 3. The highest BCUT2D eigenvalue weighted by Crippen LogP contribution is 2.07. The second kappa shape index (κ2) is 6.98. The van der Waals surface area contributed by atoms with Crippen molar-refractivity contribution in [2.75, 3.05) is 13.2 Å². The summed E-state index contributed by atoms with van der Waals surface area (Å²) in [6.07, 6.45) is 1.54. The number of rotatable bonds is 5. The quantitative estimate of drug-likeness (QED) is 0.631. The summed E-state index contributed by atoms with van der Waals surface area (Å²) in [6, 6.07) is 7.12. The minimum absolute atomic E-state index is 0.0223. The van der Waals surface area contributed by atoms with E-state index in [2.05, 4.69) is 10.5 Å². The molecular formula is C11H13ClN2O2. The first-order valence-corrected chi connectivity index (χ1v) is 5.25. The van der Waals surface area contributed by atoms with Gasteiger partial charge in [-0.05, 0) is 24.6 Å². The number of halogens is 1. The fourth-order valence-electron chi connectivity index (χ4n) is 0.955. The largest absolute Gasteiger partial charge is 0.372 e. The standard InChI is InChI=1S/C11H13ClN2O2/c1-2-16-8-11(15)14-13-7-9-3-5-10(12)6-4-9/h3-7H,2,8H2,1H3,(H,14,15)/b13-7+. The first-order valence-electron chi connectivity index (χ1n) is 4.87. The zero-order valence-electron chi connectivity index (χ0n) is 8.94. The van der Waals surface area contributed by atoms with Gasteiger partial charge in [-0.15, -0.1) is 0 Å². The van der Waals surface area contributed by atoms with Gasteiger partial charge >= 0.3 is 0 Å². The van der Waals surface area contributed by atoms with Gasteiger partial charge in [-0.25, -0.2) is 5.43 Å². The van der Waals surface area contributed by atoms with Crippen LogP contribution >= 0.6 is 11.6 Å². The molecule has 0 aromatic heterocycles. The number of benzene rings is 1. The third-order valence-electron chi connectivity index (χ3n) is 1.71. The Labute approximate surface area is 99.2 Å². The Morgan fingerprint density at radius 1 is 1.50 bits per heavy atom. The predicted molar refractivity (Wildman–Crippen MR) is 63.7 cm³/mol. The molecule has 0 atom stereocenters. The van der Waals surface area contributed by atoms with E-state index >= 15 is 0 Å². The Hall–Kier alpha value is -1.39. The minimum atomic E-state index is -0.271. The first-order chi connectivity index (χ1) is 7.72. The van der Waals surface area contributed by atoms with Gasteiger partial charge in [-0.3, -0.25) is 4.79 Å². The van der Waals surface area contributed by atoms with Gasteiger partial charge in [0.1, 0.15) is 6.61 Å². The maximum Gasteiger partial charge on any atom is 0.266 e. The van der Waals surface area contributed by atoms with Gasteiger partial charge in [0.2, 0.25) is 0 Å². The maximum absolute atomic E-state index is 11.1. The van der Waals surface area contributed by atoms with Gasteiger partial charge in [0, 0.05) is 11.6 Å². The van der Waals surface area contributed by atoms with Crippen molar-refractivity contribution in [3.8, 4) is 0 Å². The van der Waals surface area contributed by atoms with E-state index in [9.17, 15) is 4.79 Å². The monoisotopic (exact) mass is 240 g/mol. The second-order valence-corrected chi connectivity index (χ2v) is 3.42. The Morgan fingerprint density at radius 2 is 2.19 bits per heavy atom. The van der Waals surface area contributed by atoms with Crippen molar-refractivity contribution in [2.24, 2.45) is 5.10 Å². The summed E-state index contributed by atoms with van der Waals surface area (Å²) in [5.74, 6) is -0.271. The third-order valence-corrected chi connectivity index (χ3v) is 1.96. The van der Waals surface area contributed by atoms with Crippen LogP contribution in [-0.4, -0.2) is 25.3 Å². The molecule has 0 unspecified atom stereocenters. The molecule has 0 heterocycles. The molecule has 0 radical (unpaired) electrons. The molecule has 1 amide bonds. The van der Waals surface area contributed by atoms with Crippen LogP contribution in [0.3, 0.4) is 0 Å². The molecule has 0 spiro atoms. The SMILES string of the molecule is CCOCC(=O)N/N=C/c1ccc(Cl)cc1. The van der Waals surface area contributed by atoms with Crippen LogP contribution in [0.15, 0.2) is 29.4 Å². The van der Waals surface area contributed by atoms with E-state index < -0.39 is 0 Å². The highest BCUT2D eigenvalue weighted by molar-refractivity contribution is 6.30. The molecule has 1 aromatic carbocycles. The van der Waals surface area contributed by atoms with Gasteiger partial charge in [-0.2, -0.15) is 5.10 Å². The van der Waals surface area contributed by atoms with E-state index in [0.29, 0.717) is 11.6 Å². The fraction of sp³-hybridized carbons (Fsp3) is 0.273.